The predicted molar refractivity (Wildman–Crippen MR) is 64.0 cm³/mol. The van der Waals surface area contributed by atoms with Gasteiger partial charge in [0.1, 0.15) is 16.8 Å². The molecule has 0 aliphatic heterocycles. The molecule has 3 aromatic rings. The molecule has 0 atom stereocenters. The SMILES string of the molecule is NC(=O)c1c(O)cc(=O)c2c1oc1c(O)nc[nH]c12. The van der Waals surface area contributed by atoms with Crippen molar-refractivity contribution >= 4 is 28.0 Å². The zero-order valence-corrected chi connectivity index (χ0v) is 9.30. The molecule has 19 heavy (non-hydrogen) atoms. The Morgan fingerprint density at radius 3 is 2.79 bits per heavy atom. The van der Waals surface area contributed by atoms with Crippen molar-refractivity contribution in [3.8, 4) is 11.6 Å². The Labute approximate surface area is 104 Å². The Morgan fingerprint density at radius 2 is 2.11 bits per heavy atom. The number of aromatic nitrogens is 2. The van der Waals surface area contributed by atoms with Gasteiger partial charge in [0, 0.05) is 6.07 Å². The Balaban J connectivity index is 2.67. The van der Waals surface area contributed by atoms with Gasteiger partial charge in [0.15, 0.2) is 11.0 Å². The molecule has 2 aromatic heterocycles. The summed E-state index contributed by atoms with van der Waals surface area (Å²) in [7, 11) is 0. The third kappa shape index (κ3) is 1.36. The molecular weight excluding hydrogens is 254 g/mol. The number of nitrogens with two attached hydrogens (primary N) is 1. The van der Waals surface area contributed by atoms with Crippen molar-refractivity contribution in [3.63, 3.8) is 0 Å². The summed E-state index contributed by atoms with van der Waals surface area (Å²) in [6, 6.07) is 0.864. The maximum Gasteiger partial charge on any atom is 0.258 e. The first-order valence-corrected chi connectivity index (χ1v) is 5.15. The molecule has 3 rings (SSSR count). The Kier molecular flexibility index (Phi) is 2.03. The highest BCUT2D eigenvalue weighted by Gasteiger charge is 2.23. The number of hydrogen-bond acceptors (Lipinski definition) is 6. The van der Waals surface area contributed by atoms with Crippen LogP contribution in [0.15, 0.2) is 21.6 Å². The summed E-state index contributed by atoms with van der Waals surface area (Å²) in [6.45, 7) is 0. The molecule has 0 spiro atoms. The van der Waals surface area contributed by atoms with Gasteiger partial charge in [-0.2, -0.15) is 0 Å². The molecule has 0 saturated carbocycles. The Bertz CT molecular complexity index is 893. The summed E-state index contributed by atoms with van der Waals surface area (Å²) in [5, 5.41) is 19.2. The van der Waals surface area contributed by atoms with E-state index in [9.17, 15) is 19.8 Å². The van der Waals surface area contributed by atoms with Crippen LogP contribution in [0, 0.1) is 0 Å². The second-order valence-corrected chi connectivity index (χ2v) is 3.87. The molecule has 8 nitrogen and oxygen atoms in total. The fourth-order valence-electron chi connectivity index (χ4n) is 1.98. The van der Waals surface area contributed by atoms with Gasteiger partial charge in [-0.05, 0) is 0 Å². The summed E-state index contributed by atoms with van der Waals surface area (Å²) in [5.41, 5.74) is 4.14. The monoisotopic (exact) mass is 261 g/mol. The van der Waals surface area contributed by atoms with Crippen LogP contribution in [0.25, 0.3) is 22.1 Å². The number of nitrogens with zero attached hydrogens (tertiary/aromatic N) is 1. The van der Waals surface area contributed by atoms with Gasteiger partial charge in [0.2, 0.25) is 5.58 Å². The lowest BCUT2D eigenvalue weighted by Crippen LogP contribution is -2.13. The van der Waals surface area contributed by atoms with Gasteiger partial charge >= 0.3 is 0 Å². The average Bonchev–Trinajstić information content (AvgIpc) is 2.69. The molecule has 0 aliphatic rings. The third-order valence-electron chi connectivity index (χ3n) is 2.75. The number of aromatic hydroxyl groups is 2. The second-order valence-electron chi connectivity index (χ2n) is 3.87. The number of primary amides is 1. The lowest BCUT2D eigenvalue weighted by atomic mass is 10.1. The molecule has 0 bridgehead atoms. The van der Waals surface area contributed by atoms with Crippen molar-refractivity contribution in [2.24, 2.45) is 5.73 Å². The van der Waals surface area contributed by atoms with Crippen LogP contribution >= 0.6 is 0 Å². The van der Waals surface area contributed by atoms with Crippen LogP contribution in [0.1, 0.15) is 10.4 Å². The van der Waals surface area contributed by atoms with E-state index in [0.29, 0.717) is 0 Å². The molecule has 1 aromatic carbocycles. The number of H-pyrrole nitrogens is 1. The molecule has 1 amide bonds. The maximum absolute atomic E-state index is 11.9. The summed E-state index contributed by atoms with van der Waals surface area (Å²) >= 11 is 0. The van der Waals surface area contributed by atoms with E-state index in [-0.39, 0.29) is 27.6 Å². The number of nitrogens with one attached hydrogen (secondary N) is 1. The fraction of sp³-hybridized carbons (Fsp3) is 0. The van der Waals surface area contributed by atoms with Gasteiger partial charge < -0.3 is 25.3 Å². The highest BCUT2D eigenvalue weighted by atomic mass is 16.4. The molecule has 0 radical (unpaired) electrons. The number of fused-ring (bicyclic) bond motifs is 3. The molecular formula is C11H7N3O5. The molecule has 8 heteroatoms. The van der Waals surface area contributed by atoms with Crippen molar-refractivity contribution in [1.82, 2.24) is 9.97 Å². The minimum absolute atomic E-state index is 0.0132. The van der Waals surface area contributed by atoms with Crippen molar-refractivity contribution in [3.05, 3.63) is 28.2 Å². The molecule has 0 aliphatic carbocycles. The van der Waals surface area contributed by atoms with Crippen LogP contribution in [0.2, 0.25) is 0 Å². The van der Waals surface area contributed by atoms with E-state index in [4.69, 9.17) is 10.2 Å². The molecule has 0 saturated heterocycles. The Morgan fingerprint density at radius 1 is 1.37 bits per heavy atom. The Hall–Kier alpha value is -3.03. The van der Waals surface area contributed by atoms with Crippen LogP contribution in [0.3, 0.4) is 0 Å². The number of rotatable bonds is 1. The highest BCUT2D eigenvalue weighted by molar-refractivity contribution is 6.13. The zero-order valence-electron chi connectivity index (χ0n) is 9.30. The van der Waals surface area contributed by atoms with Crippen LogP contribution in [0.4, 0.5) is 0 Å². The van der Waals surface area contributed by atoms with Crippen LogP contribution in [0.5, 0.6) is 11.6 Å². The van der Waals surface area contributed by atoms with E-state index in [1.807, 2.05) is 0 Å². The van der Waals surface area contributed by atoms with Gasteiger partial charge in [0.05, 0.1) is 11.7 Å². The van der Waals surface area contributed by atoms with E-state index in [2.05, 4.69) is 9.97 Å². The van der Waals surface area contributed by atoms with E-state index >= 15 is 0 Å². The topological polar surface area (TPSA) is 142 Å². The standard InChI is InChI=1S/C11H7N3O5/c12-10(17)6-4(16)1-3(15)5-7-9(19-8(5)6)11(18)14-2-13-7/h1-2,16,18H,(H2,12,17)(H,13,14). The molecule has 5 N–H and O–H groups in total. The van der Waals surface area contributed by atoms with Crippen molar-refractivity contribution in [2.45, 2.75) is 0 Å². The first-order chi connectivity index (χ1) is 9.00. The molecule has 2 heterocycles. The number of carbonyl (C=O) groups is 1. The van der Waals surface area contributed by atoms with Gasteiger partial charge in [-0.1, -0.05) is 0 Å². The average molecular weight is 261 g/mol. The molecule has 0 fully saturated rings. The number of hydrogen-bond donors (Lipinski definition) is 4. The maximum atomic E-state index is 11.9. The number of benzene rings is 1. The van der Waals surface area contributed by atoms with Crippen molar-refractivity contribution < 1.29 is 19.4 Å². The van der Waals surface area contributed by atoms with E-state index in [1.165, 1.54) is 6.33 Å². The number of furan rings is 1. The number of phenols is 1. The normalized spacial score (nSPS) is 11.2. The van der Waals surface area contributed by atoms with Crippen molar-refractivity contribution in [2.75, 3.05) is 0 Å². The van der Waals surface area contributed by atoms with Gasteiger partial charge in [-0.3, -0.25) is 9.59 Å². The summed E-state index contributed by atoms with van der Waals surface area (Å²) in [4.78, 5) is 29.4. The van der Waals surface area contributed by atoms with Gasteiger partial charge in [-0.25, -0.2) is 4.98 Å². The zero-order chi connectivity index (χ0) is 13.7. The smallest absolute Gasteiger partial charge is 0.258 e. The number of amides is 1. The van der Waals surface area contributed by atoms with Crippen LogP contribution in [-0.4, -0.2) is 26.1 Å². The molecule has 96 valence electrons. The quantitative estimate of drug-likeness (QED) is 0.492. The first kappa shape index (κ1) is 11.1. The van der Waals surface area contributed by atoms with Gasteiger partial charge in [-0.15, -0.1) is 0 Å². The van der Waals surface area contributed by atoms with Crippen LogP contribution in [-0.2, 0) is 0 Å². The number of carbonyl (C=O) groups excluding carboxylic acids is 1. The lowest BCUT2D eigenvalue weighted by Gasteiger charge is -1.99. The van der Waals surface area contributed by atoms with E-state index < -0.39 is 23.0 Å². The minimum Gasteiger partial charge on any atom is -0.507 e. The summed E-state index contributed by atoms with van der Waals surface area (Å²) in [6.07, 6.45) is 1.17. The lowest BCUT2D eigenvalue weighted by molar-refractivity contribution is 0.0998. The van der Waals surface area contributed by atoms with E-state index in [0.717, 1.165) is 6.07 Å². The number of aromatic amines is 1. The largest absolute Gasteiger partial charge is 0.507 e. The fourth-order valence-corrected chi connectivity index (χ4v) is 1.98. The third-order valence-corrected chi connectivity index (χ3v) is 2.75. The van der Waals surface area contributed by atoms with Crippen molar-refractivity contribution in [1.29, 1.82) is 0 Å². The molecule has 0 unspecified atom stereocenters. The van der Waals surface area contributed by atoms with E-state index in [1.54, 1.807) is 0 Å². The second kappa shape index (κ2) is 3.48. The highest BCUT2D eigenvalue weighted by Crippen LogP contribution is 2.33. The van der Waals surface area contributed by atoms with Gasteiger partial charge in [0.25, 0.3) is 11.8 Å². The first-order valence-electron chi connectivity index (χ1n) is 5.15. The predicted octanol–water partition coefficient (Wildman–Crippen LogP) is 0.179. The summed E-state index contributed by atoms with van der Waals surface area (Å²) < 4.78 is 5.23. The summed E-state index contributed by atoms with van der Waals surface area (Å²) in [5.74, 6) is -1.97. The minimum atomic E-state index is -0.950. The van der Waals surface area contributed by atoms with Crippen LogP contribution < -0.4 is 11.2 Å².